The molecule has 1 N–H and O–H groups in total. The van der Waals surface area contributed by atoms with Crippen molar-refractivity contribution < 1.29 is 0 Å². The van der Waals surface area contributed by atoms with Gasteiger partial charge in [0.25, 0.3) is 0 Å². The van der Waals surface area contributed by atoms with Crippen molar-refractivity contribution in [3.05, 3.63) is 35.0 Å². The zero-order valence-electron chi connectivity index (χ0n) is 12.9. The number of fused-ring (bicyclic) bond motifs is 1. The Bertz CT molecular complexity index is 606. The summed E-state index contributed by atoms with van der Waals surface area (Å²) in [5.41, 5.74) is 5.62. The van der Waals surface area contributed by atoms with Crippen LogP contribution in [0.5, 0.6) is 0 Å². The van der Waals surface area contributed by atoms with E-state index < -0.39 is 0 Å². The van der Waals surface area contributed by atoms with E-state index in [1.54, 1.807) is 0 Å². The van der Waals surface area contributed by atoms with Gasteiger partial charge >= 0.3 is 0 Å². The quantitative estimate of drug-likeness (QED) is 0.924. The van der Waals surface area contributed by atoms with Crippen LogP contribution in [-0.4, -0.2) is 42.2 Å². The van der Waals surface area contributed by atoms with E-state index in [9.17, 15) is 0 Å². The Morgan fingerprint density at radius 1 is 1.15 bits per heavy atom. The van der Waals surface area contributed by atoms with Crippen LogP contribution < -0.4 is 5.32 Å². The number of nitrogens with zero attached hydrogens (tertiary/aromatic N) is 2. The third-order valence-corrected chi connectivity index (χ3v) is 4.80. The second kappa shape index (κ2) is 5.58. The zero-order chi connectivity index (χ0) is 14.1. The van der Waals surface area contributed by atoms with Gasteiger partial charge in [0, 0.05) is 56.4 Å². The van der Waals surface area contributed by atoms with Crippen LogP contribution in [0.15, 0.2) is 18.2 Å². The molecule has 3 heteroatoms. The number of nitrogens with one attached hydrogen (secondary N) is 1. The van der Waals surface area contributed by atoms with Crippen molar-refractivity contribution >= 4 is 10.9 Å². The number of hydrogen-bond acceptors (Lipinski definition) is 2. The molecule has 1 fully saturated rings. The van der Waals surface area contributed by atoms with E-state index >= 15 is 0 Å². The first-order valence-corrected chi connectivity index (χ1v) is 7.64. The molecule has 0 saturated carbocycles. The van der Waals surface area contributed by atoms with Crippen molar-refractivity contribution in [3.63, 3.8) is 0 Å². The van der Waals surface area contributed by atoms with Crippen LogP contribution in [0.1, 0.15) is 16.8 Å². The van der Waals surface area contributed by atoms with Gasteiger partial charge in [-0.3, -0.25) is 0 Å². The van der Waals surface area contributed by atoms with Crippen LogP contribution >= 0.6 is 0 Å². The Kier molecular flexibility index (Phi) is 3.81. The number of piperazine rings is 1. The summed E-state index contributed by atoms with van der Waals surface area (Å²) < 4.78 is 2.32. The molecule has 0 unspecified atom stereocenters. The summed E-state index contributed by atoms with van der Waals surface area (Å²) in [6, 6.07) is 6.97. The fourth-order valence-corrected chi connectivity index (χ4v) is 3.18. The molecule has 1 aromatic carbocycles. The predicted octanol–water partition coefficient (Wildman–Crippen LogP) is 2.24. The molecule has 1 aromatic heterocycles. The highest BCUT2D eigenvalue weighted by atomic mass is 15.2. The molecule has 20 heavy (non-hydrogen) atoms. The van der Waals surface area contributed by atoms with Crippen molar-refractivity contribution in [2.75, 3.05) is 32.7 Å². The summed E-state index contributed by atoms with van der Waals surface area (Å²) in [5, 5.41) is 4.81. The van der Waals surface area contributed by atoms with Crippen molar-refractivity contribution in [2.24, 2.45) is 7.05 Å². The van der Waals surface area contributed by atoms with Gasteiger partial charge in [-0.15, -0.1) is 0 Å². The van der Waals surface area contributed by atoms with Crippen molar-refractivity contribution in [1.29, 1.82) is 0 Å². The molecule has 0 amide bonds. The molecule has 108 valence electrons. The maximum Gasteiger partial charge on any atom is 0.0485 e. The third kappa shape index (κ3) is 2.48. The normalized spacial score (nSPS) is 16.9. The SMILES string of the molecule is Cc1c(C)n(C)c2cc(CCN3CCNCC3)ccc12. The van der Waals surface area contributed by atoms with E-state index in [0.717, 1.165) is 19.5 Å². The topological polar surface area (TPSA) is 20.2 Å². The molecule has 1 aliphatic rings. The predicted molar refractivity (Wildman–Crippen MR) is 85.4 cm³/mol. The van der Waals surface area contributed by atoms with Crippen LogP contribution in [0.4, 0.5) is 0 Å². The monoisotopic (exact) mass is 271 g/mol. The Morgan fingerprint density at radius 2 is 1.90 bits per heavy atom. The molecule has 1 saturated heterocycles. The minimum atomic E-state index is 1.13. The molecule has 2 heterocycles. The second-order valence-electron chi connectivity index (χ2n) is 5.96. The van der Waals surface area contributed by atoms with Gasteiger partial charge in [0.2, 0.25) is 0 Å². The lowest BCUT2D eigenvalue weighted by atomic mass is 10.1. The van der Waals surface area contributed by atoms with Gasteiger partial charge in [0.15, 0.2) is 0 Å². The molecule has 0 bridgehead atoms. The van der Waals surface area contributed by atoms with E-state index in [0.29, 0.717) is 0 Å². The summed E-state index contributed by atoms with van der Waals surface area (Å²) in [6.45, 7) is 10.2. The highest BCUT2D eigenvalue weighted by Gasteiger charge is 2.11. The van der Waals surface area contributed by atoms with Gasteiger partial charge < -0.3 is 14.8 Å². The van der Waals surface area contributed by atoms with Crippen LogP contribution in [0.2, 0.25) is 0 Å². The average molecular weight is 271 g/mol. The Balaban J connectivity index is 1.77. The number of aromatic nitrogens is 1. The molecule has 0 spiro atoms. The maximum absolute atomic E-state index is 3.41. The Hall–Kier alpha value is -1.32. The molecule has 0 atom stereocenters. The van der Waals surface area contributed by atoms with Gasteiger partial charge in [-0.05, 0) is 37.5 Å². The molecule has 3 rings (SSSR count). The van der Waals surface area contributed by atoms with E-state index in [1.165, 1.54) is 47.4 Å². The van der Waals surface area contributed by atoms with Gasteiger partial charge in [-0.1, -0.05) is 12.1 Å². The number of hydrogen-bond donors (Lipinski definition) is 1. The van der Waals surface area contributed by atoms with E-state index in [-0.39, 0.29) is 0 Å². The van der Waals surface area contributed by atoms with Gasteiger partial charge in [-0.2, -0.15) is 0 Å². The smallest absolute Gasteiger partial charge is 0.0485 e. The van der Waals surface area contributed by atoms with Crippen LogP contribution in [-0.2, 0) is 13.5 Å². The fourth-order valence-electron chi connectivity index (χ4n) is 3.18. The number of rotatable bonds is 3. The van der Waals surface area contributed by atoms with Crippen molar-refractivity contribution in [1.82, 2.24) is 14.8 Å². The minimum absolute atomic E-state index is 1.13. The lowest BCUT2D eigenvalue weighted by Gasteiger charge is -2.27. The summed E-state index contributed by atoms with van der Waals surface area (Å²) >= 11 is 0. The van der Waals surface area contributed by atoms with Gasteiger partial charge in [-0.25, -0.2) is 0 Å². The molecule has 0 aliphatic carbocycles. The van der Waals surface area contributed by atoms with Gasteiger partial charge in [0.1, 0.15) is 0 Å². The Morgan fingerprint density at radius 3 is 2.65 bits per heavy atom. The van der Waals surface area contributed by atoms with Crippen LogP contribution in [0.3, 0.4) is 0 Å². The first-order chi connectivity index (χ1) is 9.66. The maximum atomic E-state index is 3.41. The standard InChI is InChI=1S/C17H25N3/c1-13-14(2)19(3)17-12-15(4-5-16(13)17)6-9-20-10-7-18-8-11-20/h4-5,12,18H,6-11H2,1-3H3. The summed E-state index contributed by atoms with van der Waals surface area (Å²) in [6.07, 6.45) is 1.15. The molecular formula is C17H25N3. The number of aryl methyl sites for hydroxylation is 2. The minimum Gasteiger partial charge on any atom is -0.348 e. The molecule has 2 aromatic rings. The lowest BCUT2D eigenvalue weighted by Crippen LogP contribution is -2.44. The zero-order valence-corrected chi connectivity index (χ0v) is 12.9. The first kappa shape index (κ1) is 13.7. The van der Waals surface area contributed by atoms with E-state index in [2.05, 4.69) is 53.9 Å². The summed E-state index contributed by atoms with van der Waals surface area (Å²) in [7, 11) is 2.17. The Labute approximate surface area is 121 Å². The highest BCUT2D eigenvalue weighted by molar-refractivity contribution is 5.85. The van der Waals surface area contributed by atoms with Gasteiger partial charge in [0.05, 0.1) is 0 Å². The van der Waals surface area contributed by atoms with Crippen molar-refractivity contribution in [3.8, 4) is 0 Å². The largest absolute Gasteiger partial charge is 0.348 e. The summed E-state index contributed by atoms with van der Waals surface area (Å²) in [4.78, 5) is 2.56. The lowest BCUT2D eigenvalue weighted by molar-refractivity contribution is 0.244. The highest BCUT2D eigenvalue weighted by Crippen LogP contribution is 2.25. The fraction of sp³-hybridized carbons (Fsp3) is 0.529. The molecular weight excluding hydrogens is 246 g/mol. The average Bonchev–Trinajstić information content (AvgIpc) is 2.71. The summed E-state index contributed by atoms with van der Waals surface area (Å²) in [5.74, 6) is 0. The van der Waals surface area contributed by atoms with Crippen LogP contribution in [0.25, 0.3) is 10.9 Å². The molecule has 0 radical (unpaired) electrons. The van der Waals surface area contributed by atoms with E-state index in [1.807, 2.05) is 0 Å². The van der Waals surface area contributed by atoms with Crippen LogP contribution in [0, 0.1) is 13.8 Å². The third-order valence-electron chi connectivity index (χ3n) is 4.80. The number of benzene rings is 1. The van der Waals surface area contributed by atoms with Crippen molar-refractivity contribution in [2.45, 2.75) is 20.3 Å². The first-order valence-electron chi connectivity index (χ1n) is 7.64. The molecule has 1 aliphatic heterocycles. The van der Waals surface area contributed by atoms with E-state index in [4.69, 9.17) is 0 Å². The molecule has 3 nitrogen and oxygen atoms in total. The second-order valence-corrected chi connectivity index (χ2v) is 5.96.